The Labute approximate surface area is 124 Å². The first-order chi connectivity index (χ1) is 9.88. The molecule has 0 aliphatic carbocycles. The summed E-state index contributed by atoms with van der Waals surface area (Å²) in [7, 11) is 0. The van der Waals surface area contributed by atoms with Crippen molar-refractivity contribution in [3.8, 4) is 0 Å². The fraction of sp³-hybridized carbons (Fsp3) is 0.438. The second-order valence-corrected chi connectivity index (χ2v) is 6.06. The van der Waals surface area contributed by atoms with Gasteiger partial charge in [0, 0.05) is 29.4 Å². The normalized spacial score (nSPS) is 11.6. The van der Waals surface area contributed by atoms with Crippen LogP contribution in [0.5, 0.6) is 0 Å². The van der Waals surface area contributed by atoms with Crippen LogP contribution in [0, 0.1) is 0 Å². The Balaban J connectivity index is 2.00. The highest BCUT2D eigenvalue weighted by molar-refractivity contribution is 5.74. The molecule has 2 aromatic rings. The van der Waals surface area contributed by atoms with E-state index in [1.54, 1.807) is 6.20 Å². The Bertz CT molecular complexity index is 635. The minimum absolute atomic E-state index is 0.385. The van der Waals surface area contributed by atoms with E-state index in [9.17, 15) is 9.90 Å². The van der Waals surface area contributed by atoms with Gasteiger partial charge in [-0.05, 0) is 57.9 Å². The van der Waals surface area contributed by atoms with Gasteiger partial charge < -0.3 is 10.0 Å². The van der Waals surface area contributed by atoms with Gasteiger partial charge in [0.15, 0.2) is 5.65 Å². The molecule has 0 aliphatic heterocycles. The van der Waals surface area contributed by atoms with Crippen molar-refractivity contribution in [3.05, 3.63) is 36.2 Å². The van der Waals surface area contributed by atoms with Gasteiger partial charge in [0.2, 0.25) is 0 Å². The zero-order chi connectivity index (χ0) is 15.5. The van der Waals surface area contributed by atoms with E-state index in [0.29, 0.717) is 6.54 Å². The van der Waals surface area contributed by atoms with Crippen molar-refractivity contribution in [2.45, 2.75) is 39.2 Å². The SMILES string of the molecule is CC(C)(C)N(CCCc1ccc2cccnc2n1)C(=O)O. The Morgan fingerprint density at radius 2 is 2.05 bits per heavy atom. The van der Waals surface area contributed by atoms with Gasteiger partial charge in [0.05, 0.1) is 0 Å². The summed E-state index contributed by atoms with van der Waals surface area (Å²) in [4.78, 5) is 21.5. The summed E-state index contributed by atoms with van der Waals surface area (Å²) in [6.45, 7) is 6.21. The van der Waals surface area contributed by atoms with Crippen LogP contribution in [-0.4, -0.2) is 38.2 Å². The molecule has 0 fully saturated rings. The Morgan fingerprint density at radius 3 is 2.71 bits per heavy atom. The van der Waals surface area contributed by atoms with Crippen molar-refractivity contribution in [3.63, 3.8) is 0 Å². The molecular weight excluding hydrogens is 266 g/mol. The number of aromatic nitrogens is 2. The van der Waals surface area contributed by atoms with Gasteiger partial charge in [-0.2, -0.15) is 0 Å². The minimum atomic E-state index is -0.879. The van der Waals surface area contributed by atoms with Crippen molar-refractivity contribution < 1.29 is 9.90 Å². The van der Waals surface area contributed by atoms with Gasteiger partial charge in [-0.3, -0.25) is 0 Å². The molecule has 5 nitrogen and oxygen atoms in total. The van der Waals surface area contributed by atoms with Gasteiger partial charge in [0.1, 0.15) is 0 Å². The zero-order valence-electron chi connectivity index (χ0n) is 12.7. The molecule has 0 spiro atoms. The third-order valence-electron chi connectivity index (χ3n) is 3.38. The number of carbonyl (C=O) groups is 1. The summed E-state index contributed by atoms with van der Waals surface area (Å²) in [5, 5.41) is 10.3. The van der Waals surface area contributed by atoms with Gasteiger partial charge in [-0.1, -0.05) is 0 Å². The Morgan fingerprint density at radius 1 is 1.29 bits per heavy atom. The maximum absolute atomic E-state index is 11.3. The molecule has 2 aromatic heterocycles. The molecule has 1 N–H and O–H groups in total. The summed E-state index contributed by atoms with van der Waals surface area (Å²) >= 11 is 0. The molecular formula is C16H21N3O2. The average molecular weight is 287 g/mol. The van der Waals surface area contributed by atoms with Crippen LogP contribution in [0.3, 0.4) is 0 Å². The second kappa shape index (κ2) is 6.08. The van der Waals surface area contributed by atoms with Crippen LogP contribution in [0.15, 0.2) is 30.5 Å². The quantitative estimate of drug-likeness (QED) is 0.936. The third-order valence-corrected chi connectivity index (χ3v) is 3.38. The number of pyridine rings is 2. The monoisotopic (exact) mass is 287 g/mol. The minimum Gasteiger partial charge on any atom is -0.465 e. The number of hydrogen-bond acceptors (Lipinski definition) is 3. The van der Waals surface area contributed by atoms with Crippen LogP contribution in [0.25, 0.3) is 11.0 Å². The van der Waals surface area contributed by atoms with Gasteiger partial charge in [-0.25, -0.2) is 14.8 Å². The lowest BCUT2D eigenvalue weighted by atomic mass is 10.1. The molecule has 2 heterocycles. The van der Waals surface area contributed by atoms with Crippen LogP contribution in [-0.2, 0) is 6.42 Å². The van der Waals surface area contributed by atoms with Crippen LogP contribution in [0.4, 0.5) is 4.79 Å². The molecule has 0 aliphatic rings. The van der Waals surface area contributed by atoms with Gasteiger partial charge in [0.25, 0.3) is 0 Å². The predicted molar refractivity (Wildman–Crippen MR) is 82.3 cm³/mol. The molecule has 0 saturated heterocycles. The summed E-state index contributed by atoms with van der Waals surface area (Å²) in [6, 6.07) is 7.85. The topological polar surface area (TPSA) is 66.3 Å². The van der Waals surface area contributed by atoms with Crippen LogP contribution in [0.2, 0.25) is 0 Å². The molecule has 0 radical (unpaired) electrons. The molecule has 1 amide bonds. The summed E-state index contributed by atoms with van der Waals surface area (Å²) < 4.78 is 0. The van der Waals surface area contributed by atoms with E-state index in [0.717, 1.165) is 29.6 Å². The highest BCUT2D eigenvalue weighted by atomic mass is 16.4. The van der Waals surface area contributed by atoms with Gasteiger partial charge in [-0.15, -0.1) is 0 Å². The number of amides is 1. The molecule has 0 saturated carbocycles. The van der Waals surface area contributed by atoms with E-state index in [1.807, 2.05) is 45.0 Å². The summed E-state index contributed by atoms with van der Waals surface area (Å²) in [5.41, 5.74) is 1.30. The number of hydrogen-bond donors (Lipinski definition) is 1. The lowest BCUT2D eigenvalue weighted by Gasteiger charge is -2.33. The van der Waals surface area contributed by atoms with Gasteiger partial charge >= 0.3 is 6.09 Å². The highest BCUT2D eigenvalue weighted by Crippen LogP contribution is 2.15. The van der Waals surface area contributed by atoms with Crippen molar-refractivity contribution in [2.75, 3.05) is 6.54 Å². The number of aryl methyl sites for hydroxylation is 1. The van der Waals surface area contributed by atoms with E-state index >= 15 is 0 Å². The van der Waals surface area contributed by atoms with Crippen molar-refractivity contribution in [2.24, 2.45) is 0 Å². The Hall–Kier alpha value is -2.17. The maximum atomic E-state index is 11.3. The van der Waals surface area contributed by atoms with Crippen molar-refractivity contribution in [1.82, 2.24) is 14.9 Å². The number of rotatable bonds is 4. The average Bonchev–Trinajstić information content (AvgIpc) is 2.41. The first-order valence-corrected chi connectivity index (χ1v) is 7.09. The second-order valence-electron chi connectivity index (χ2n) is 6.06. The van der Waals surface area contributed by atoms with Crippen LogP contribution >= 0.6 is 0 Å². The van der Waals surface area contributed by atoms with E-state index in [2.05, 4.69) is 9.97 Å². The summed E-state index contributed by atoms with van der Waals surface area (Å²) in [6.07, 6.45) is 2.34. The largest absolute Gasteiger partial charge is 0.465 e. The molecule has 0 bridgehead atoms. The molecule has 112 valence electrons. The number of fused-ring (bicyclic) bond motifs is 1. The highest BCUT2D eigenvalue weighted by Gasteiger charge is 2.25. The molecule has 2 rings (SSSR count). The van der Waals surface area contributed by atoms with Crippen LogP contribution < -0.4 is 0 Å². The molecule has 0 aromatic carbocycles. The van der Waals surface area contributed by atoms with E-state index < -0.39 is 6.09 Å². The van der Waals surface area contributed by atoms with Crippen molar-refractivity contribution >= 4 is 17.1 Å². The van der Waals surface area contributed by atoms with Crippen LogP contribution in [0.1, 0.15) is 32.9 Å². The number of carboxylic acid groups (broad SMARTS) is 1. The number of nitrogens with zero attached hydrogens (tertiary/aromatic N) is 3. The first kappa shape index (κ1) is 15.2. The first-order valence-electron chi connectivity index (χ1n) is 7.09. The van der Waals surface area contributed by atoms with E-state index in [-0.39, 0.29) is 5.54 Å². The lowest BCUT2D eigenvalue weighted by molar-refractivity contribution is 0.0995. The third kappa shape index (κ3) is 3.90. The smallest absolute Gasteiger partial charge is 0.407 e. The zero-order valence-corrected chi connectivity index (χ0v) is 12.7. The van der Waals surface area contributed by atoms with E-state index in [4.69, 9.17) is 0 Å². The fourth-order valence-electron chi connectivity index (χ4n) is 2.27. The molecule has 5 heteroatoms. The van der Waals surface area contributed by atoms with Crippen molar-refractivity contribution in [1.29, 1.82) is 0 Å². The molecule has 0 unspecified atom stereocenters. The fourth-order valence-corrected chi connectivity index (χ4v) is 2.27. The molecule has 21 heavy (non-hydrogen) atoms. The molecule has 0 atom stereocenters. The summed E-state index contributed by atoms with van der Waals surface area (Å²) in [5.74, 6) is 0. The Kier molecular flexibility index (Phi) is 4.40. The van der Waals surface area contributed by atoms with E-state index in [1.165, 1.54) is 4.90 Å². The maximum Gasteiger partial charge on any atom is 0.407 e. The standard InChI is InChI=1S/C16H21N3O2/c1-16(2,3)19(15(20)21)11-5-7-13-9-8-12-6-4-10-17-14(12)18-13/h4,6,8-10H,5,7,11H2,1-3H3,(H,20,21). The lowest BCUT2D eigenvalue weighted by Crippen LogP contribution is -2.45. The predicted octanol–water partition coefficient (Wildman–Crippen LogP) is 3.34.